The number of benzene rings is 1. The summed E-state index contributed by atoms with van der Waals surface area (Å²) in [5.74, 6) is -0.778. The number of nitrogens with zero attached hydrogens (tertiary/aromatic N) is 2. The van der Waals surface area contributed by atoms with E-state index in [4.69, 9.17) is 0 Å². The molecule has 0 aliphatic heterocycles. The zero-order valence-corrected chi connectivity index (χ0v) is 10.0. The Morgan fingerprint density at radius 1 is 0.947 bits per heavy atom. The molecule has 0 saturated carbocycles. The Kier molecular flexibility index (Phi) is 4.07. The summed E-state index contributed by atoms with van der Waals surface area (Å²) in [4.78, 5) is 31.1. The quantitative estimate of drug-likeness (QED) is 0.773. The zero-order valence-electron chi connectivity index (χ0n) is 10.0. The van der Waals surface area contributed by atoms with Gasteiger partial charge < -0.3 is 0 Å². The number of aromatic nitrogens is 2. The molecule has 0 fully saturated rings. The molecule has 0 spiro atoms. The first kappa shape index (κ1) is 13.0. The van der Waals surface area contributed by atoms with Crippen molar-refractivity contribution >= 4 is 11.6 Å². The van der Waals surface area contributed by atoms with E-state index < -0.39 is 5.82 Å². The van der Waals surface area contributed by atoms with E-state index in [9.17, 15) is 14.0 Å². The normalized spacial score (nSPS) is 10.2. The van der Waals surface area contributed by atoms with Crippen LogP contribution in [0.1, 0.15) is 33.8 Å². The molecular formula is C14H11FN2O2. The summed E-state index contributed by atoms with van der Waals surface area (Å²) >= 11 is 0. The van der Waals surface area contributed by atoms with Gasteiger partial charge in [0.15, 0.2) is 17.4 Å². The minimum atomic E-state index is -0.398. The Morgan fingerprint density at radius 3 is 2.16 bits per heavy atom. The first-order valence-corrected chi connectivity index (χ1v) is 5.76. The van der Waals surface area contributed by atoms with E-state index in [-0.39, 0.29) is 30.2 Å². The first-order chi connectivity index (χ1) is 9.16. The molecule has 1 aromatic carbocycles. The fraction of sp³-hybridized carbons (Fsp3) is 0.143. The predicted octanol–water partition coefficient (Wildman–Crippen LogP) is 2.46. The van der Waals surface area contributed by atoms with Crippen LogP contribution >= 0.6 is 0 Å². The molecule has 0 aliphatic rings. The maximum Gasteiger partial charge on any atom is 0.200 e. The van der Waals surface area contributed by atoms with Crippen molar-refractivity contribution in [3.63, 3.8) is 0 Å². The second kappa shape index (κ2) is 5.95. The van der Waals surface area contributed by atoms with E-state index in [1.54, 1.807) is 6.07 Å². The average Bonchev–Trinajstić information content (AvgIpc) is 2.46. The fourth-order valence-electron chi connectivity index (χ4n) is 1.56. The van der Waals surface area contributed by atoms with Crippen molar-refractivity contribution in [2.45, 2.75) is 12.8 Å². The number of Topliss-reactive ketones (excluding diaryl/α,β-unsaturated/α-hetero) is 2. The number of ketones is 2. The van der Waals surface area contributed by atoms with Gasteiger partial charge in [0.2, 0.25) is 0 Å². The standard InChI is InChI=1S/C14H11FN2O2/c15-11-4-2-10(3-5-11)12(18)6-7-13(19)14-16-8-1-9-17-14/h1-5,8-9H,6-7H2. The van der Waals surface area contributed by atoms with Gasteiger partial charge in [-0.3, -0.25) is 9.59 Å². The molecule has 1 heterocycles. The van der Waals surface area contributed by atoms with E-state index >= 15 is 0 Å². The summed E-state index contributed by atoms with van der Waals surface area (Å²) in [6.45, 7) is 0. The summed E-state index contributed by atoms with van der Waals surface area (Å²) in [5.41, 5.74) is 0.392. The van der Waals surface area contributed by atoms with Gasteiger partial charge in [-0.05, 0) is 30.3 Å². The molecule has 0 atom stereocenters. The number of carbonyl (C=O) groups is 2. The second-order valence-corrected chi connectivity index (χ2v) is 3.93. The molecular weight excluding hydrogens is 247 g/mol. The summed E-state index contributed by atoms with van der Waals surface area (Å²) in [5, 5.41) is 0. The number of rotatable bonds is 5. The third-order valence-electron chi connectivity index (χ3n) is 2.56. The Labute approximate surface area is 109 Å². The highest BCUT2D eigenvalue weighted by Crippen LogP contribution is 2.08. The molecule has 0 unspecified atom stereocenters. The highest BCUT2D eigenvalue weighted by molar-refractivity contribution is 6.00. The number of hydrogen-bond acceptors (Lipinski definition) is 4. The lowest BCUT2D eigenvalue weighted by atomic mass is 10.0. The van der Waals surface area contributed by atoms with Crippen molar-refractivity contribution in [3.8, 4) is 0 Å². The van der Waals surface area contributed by atoms with Gasteiger partial charge in [0.05, 0.1) is 0 Å². The second-order valence-electron chi connectivity index (χ2n) is 3.93. The smallest absolute Gasteiger partial charge is 0.200 e. The van der Waals surface area contributed by atoms with Gasteiger partial charge >= 0.3 is 0 Å². The van der Waals surface area contributed by atoms with Crippen molar-refractivity contribution in [2.24, 2.45) is 0 Å². The zero-order chi connectivity index (χ0) is 13.7. The van der Waals surface area contributed by atoms with Crippen molar-refractivity contribution in [3.05, 3.63) is 59.9 Å². The minimum absolute atomic E-state index is 0.0419. The van der Waals surface area contributed by atoms with Crippen LogP contribution in [0.5, 0.6) is 0 Å². The van der Waals surface area contributed by atoms with Crippen LogP contribution in [-0.4, -0.2) is 21.5 Å². The number of carbonyl (C=O) groups excluding carboxylic acids is 2. The van der Waals surface area contributed by atoms with E-state index in [0.29, 0.717) is 5.56 Å². The molecule has 19 heavy (non-hydrogen) atoms. The van der Waals surface area contributed by atoms with Crippen molar-refractivity contribution < 1.29 is 14.0 Å². The Bertz CT molecular complexity index is 582. The molecule has 0 radical (unpaired) electrons. The van der Waals surface area contributed by atoms with Gasteiger partial charge in [-0.1, -0.05) is 0 Å². The summed E-state index contributed by atoms with van der Waals surface area (Å²) in [6, 6.07) is 6.85. The minimum Gasteiger partial charge on any atom is -0.294 e. The van der Waals surface area contributed by atoms with Crippen molar-refractivity contribution in [1.82, 2.24) is 9.97 Å². The number of hydrogen-bond donors (Lipinski definition) is 0. The molecule has 0 saturated heterocycles. The van der Waals surface area contributed by atoms with Crippen molar-refractivity contribution in [2.75, 3.05) is 0 Å². The van der Waals surface area contributed by atoms with E-state index in [1.165, 1.54) is 36.7 Å². The van der Waals surface area contributed by atoms with Gasteiger partial charge in [0.25, 0.3) is 0 Å². The lowest BCUT2D eigenvalue weighted by Crippen LogP contribution is -2.08. The maximum atomic E-state index is 12.7. The van der Waals surface area contributed by atoms with Crippen LogP contribution < -0.4 is 0 Å². The van der Waals surface area contributed by atoms with Gasteiger partial charge in [0, 0.05) is 30.8 Å². The molecule has 1 aromatic heterocycles. The summed E-state index contributed by atoms with van der Waals surface area (Å²) in [6.07, 6.45) is 3.05. The molecule has 0 N–H and O–H groups in total. The molecule has 5 heteroatoms. The lowest BCUT2D eigenvalue weighted by molar-refractivity contribution is 0.0912. The molecule has 96 valence electrons. The monoisotopic (exact) mass is 258 g/mol. The lowest BCUT2D eigenvalue weighted by Gasteiger charge is -2.00. The number of halogens is 1. The third kappa shape index (κ3) is 3.51. The van der Waals surface area contributed by atoms with E-state index in [1.807, 2.05) is 0 Å². The van der Waals surface area contributed by atoms with Gasteiger partial charge in [-0.15, -0.1) is 0 Å². The molecule has 0 amide bonds. The largest absolute Gasteiger partial charge is 0.294 e. The molecule has 0 bridgehead atoms. The van der Waals surface area contributed by atoms with Crippen LogP contribution in [0.25, 0.3) is 0 Å². The van der Waals surface area contributed by atoms with Crippen LogP contribution in [0.15, 0.2) is 42.7 Å². The molecule has 2 aromatic rings. The van der Waals surface area contributed by atoms with Gasteiger partial charge in [0.1, 0.15) is 5.82 Å². The SMILES string of the molecule is O=C(CCC(=O)c1ncccn1)c1ccc(F)cc1. The average molecular weight is 258 g/mol. The van der Waals surface area contributed by atoms with Crippen LogP contribution in [0, 0.1) is 5.82 Å². The molecule has 4 nitrogen and oxygen atoms in total. The van der Waals surface area contributed by atoms with Crippen LogP contribution in [0.2, 0.25) is 0 Å². The Hall–Kier alpha value is -2.43. The summed E-state index contributed by atoms with van der Waals surface area (Å²) in [7, 11) is 0. The topological polar surface area (TPSA) is 59.9 Å². The van der Waals surface area contributed by atoms with Crippen LogP contribution in [0.4, 0.5) is 4.39 Å². The first-order valence-electron chi connectivity index (χ1n) is 5.76. The van der Waals surface area contributed by atoms with Crippen molar-refractivity contribution in [1.29, 1.82) is 0 Å². The molecule has 2 rings (SSSR count). The highest BCUT2D eigenvalue weighted by Gasteiger charge is 2.12. The van der Waals surface area contributed by atoms with E-state index in [0.717, 1.165) is 0 Å². The van der Waals surface area contributed by atoms with Crippen LogP contribution in [0.3, 0.4) is 0 Å². The fourth-order valence-corrected chi connectivity index (χ4v) is 1.56. The third-order valence-corrected chi connectivity index (χ3v) is 2.56. The Balaban J connectivity index is 1.94. The van der Waals surface area contributed by atoms with Crippen LogP contribution in [-0.2, 0) is 0 Å². The Morgan fingerprint density at radius 2 is 1.53 bits per heavy atom. The highest BCUT2D eigenvalue weighted by atomic mass is 19.1. The van der Waals surface area contributed by atoms with Gasteiger partial charge in [-0.2, -0.15) is 0 Å². The predicted molar refractivity (Wildman–Crippen MR) is 66.3 cm³/mol. The molecule has 0 aliphatic carbocycles. The van der Waals surface area contributed by atoms with E-state index in [2.05, 4.69) is 9.97 Å². The summed E-state index contributed by atoms with van der Waals surface area (Å²) < 4.78 is 12.7. The van der Waals surface area contributed by atoms with Gasteiger partial charge in [-0.25, -0.2) is 14.4 Å². The maximum absolute atomic E-state index is 12.7.